The van der Waals surface area contributed by atoms with E-state index >= 15 is 0 Å². The fraction of sp³-hybridized carbons (Fsp3) is 0.500. The number of hydrogen-bond acceptors (Lipinski definition) is 7. The van der Waals surface area contributed by atoms with Gasteiger partial charge in [0.1, 0.15) is 5.82 Å². The van der Waals surface area contributed by atoms with Crippen LogP contribution in [0.15, 0.2) is 15.7 Å². The Labute approximate surface area is 161 Å². The smallest absolute Gasteiger partial charge is 0.332 e. The van der Waals surface area contributed by atoms with E-state index in [1.807, 2.05) is 24.8 Å². The van der Waals surface area contributed by atoms with Crippen molar-refractivity contribution in [2.75, 3.05) is 18.0 Å². The Morgan fingerprint density at radius 3 is 2.61 bits per heavy atom. The SMILES string of the molecule is Cc1cc(C)nc(Cn2c(=O)c3[nH]c(N4CCC[C@@H](N)C4)nc3n(C)c2=O)n1. The highest BCUT2D eigenvalue weighted by molar-refractivity contribution is 5.73. The molecule has 10 heteroatoms. The van der Waals surface area contributed by atoms with E-state index in [2.05, 4.69) is 19.9 Å². The fourth-order valence-electron chi connectivity index (χ4n) is 3.74. The lowest BCUT2D eigenvalue weighted by Gasteiger charge is -2.30. The zero-order chi connectivity index (χ0) is 20.0. The van der Waals surface area contributed by atoms with Crippen LogP contribution >= 0.6 is 0 Å². The van der Waals surface area contributed by atoms with Crippen LogP contribution in [-0.4, -0.2) is 48.2 Å². The zero-order valence-electron chi connectivity index (χ0n) is 16.3. The normalized spacial score (nSPS) is 17.4. The Hall–Kier alpha value is -3.01. The van der Waals surface area contributed by atoms with Crippen molar-refractivity contribution in [1.29, 1.82) is 0 Å². The predicted molar refractivity (Wildman–Crippen MR) is 106 cm³/mol. The first-order chi connectivity index (χ1) is 13.3. The third kappa shape index (κ3) is 3.19. The summed E-state index contributed by atoms with van der Waals surface area (Å²) in [4.78, 5) is 44.1. The van der Waals surface area contributed by atoms with Crippen LogP contribution < -0.4 is 21.9 Å². The summed E-state index contributed by atoms with van der Waals surface area (Å²) in [5.41, 5.74) is 7.38. The molecule has 4 rings (SSSR count). The number of anilines is 1. The van der Waals surface area contributed by atoms with Gasteiger partial charge in [-0.25, -0.2) is 14.8 Å². The van der Waals surface area contributed by atoms with Crippen LogP contribution in [0.3, 0.4) is 0 Å². The molecule has 0 spiro atoms. The summed E-state index contributed by atoms with van der Waals surface area (Å²) in [7, 11) is 1.61. The number of imidazole rings is 1. The lowest BCUT2D eigenvalue weighted by atomic mass is 10.1. The maximum Gasteiger partial charge on any atom is 0.332 e. The highest BCUT2D eigenvalue weighted by atomic mass is 16.2. The second-order valence-electron chi connectivity index (χ2n) is 7.41. The van der Waals surface area contributed by atoms with E-state index in [-0.39, 0.29) is 12.6 Å². The molecule has 1 aliphatic rings. The minimum atomic E-state index is -0.450. The van der Waals surface area contributed by atoms with Gasteiger partial charge in [0.25, 0.3) is 5.56 Å². The number of aromatic amines is 1. The van der Waals surface area contributed by atoms with Gasteiger partial charge in [-0.1, -0.05) is 0 Å². The molecule has 1 aliphatic heterocycles. The summed E-state index contributed by atoms with van der Waals surface area (Å²) in [6, 6.07) is 1.92. The number of fused-ring (bicyclic) bond motifs is 1. The van der Waals surface area contributed by atoms with Crippen LogP contribution in [0.25, 0.3) is 11.2 Å². The molecule has 0 radical (unpaired) electrons. The van der Waals surface area contributed by atoms with E-state index < -0.39 is 11.2 Å². The van der Waals surface area contributed by atoms with Gasteiger partial charge < -0.3 is 15.6 Å². The van der Waals surface area contributed by atoms with Crippen molar-refractivity contribution in [3.63, 3.8) is 0 Å². The topological polar surface area (TPSA) is 128 Å². The Kier molecular flexibility index (Phi) is 4.50. The first-order valence-corrected chi connectivity index (χ1v) is 9.34. The third-order valence-corrected chi connectivity index (χ3v) is 5.05. The first kappa shape index (κ1) is 18.4. The van der Waals surface area contributed by atoms with Crippen LogP contribution in [0.2, 0.25) is 0 Å². The Morgan fingerprint density at radius 1 is 1.21 bits per heavy atom. The lowest BCUT2D eigenvalue weighted by Crippen LogP contribution is -2.43. The number of nitrogens with two attached hydrogens (primary N) is 1. The fourth-order valence-corrected chi connectivity index (χ4v) is 3.74. The summed E-state index contributed by atoms with van der Waals surface area (Å²) in [6.45, 7) is 5.19. The van der Waals surface area contributed by atoms with Gasteiger partial charge in [-0.2, -0.15) is 4.98 Å². The summed E-state index contributed by atoms with van der Waals surface area (Å²) < 4.78 is 2.52. The van der Waals surface area contributed by atoms with Gasteiger partial charge in [0.15, 0.2) is 11.2 Å². The average Bonchev–Trinajstić information content (AvgIpc) is 3.08. The molecule has 0 unspecified atom stereocenters. The number of H-pyrrole nitrogens is 1. The molecule has 0 aliphatic carbocycles. The van der Waals surface area contributed by atoms with Gasteiger partial charge in [0.2, 0.25) is 5.95 Å². The molecule has 0 saturated carbocycles. The molecule has 0 amide bonds. The Balaban J connectivity index is 1.80. The molecule has 28 heavy (non-hydrogen) atoms. The van der Waals surface area contributed by atoms with Crippen molar-refractivity contribution in [3.8, 4) is 0 Å². The second kappa shape index (κ2) is 6.86. The van der Waals surface area contributed by atoms with Gasteiger partial charge in [0.05, 0.1) is 6.54 Å². The average molecular weight is 384 g/mol. The molecule has 148 valence electrons. The van der Waals surface area contributed by atoms with Crippen LogP contribution in [0.4, 0.5) is 5.95 Å². The predicted octanol–water partition coefficient (Wildman–Crippen LogP) is -0.194. The van der Waals surface area contributed by atoms with Crippen LogP contribution in [-0.2, 0) is 13.6 Å². The zero-order valence-corrected chi connectivity index (χ0v) is 16.3. The highest BCUT2D eigenvalue weighted by Crippen LogP contribution is 2.18. The summed E-state index contributed by atoms with van der Waals surface area (Å²) in [5, 5.41) is 0. The number of hydrogen-bond donors (Lipinski definition) is 2. The standard InChI is InChI=1S/C18H24N8O2/c1-10-7-11(2)21-13(20-10)9-26-16(27)14-15(24(3)18(26)28)23-17(22-14)25-6-4-5-12(19)8-25/h7,12H,4-6,8-9,19H2,1-3H3,(H,22,23)/t12-/m1/s1. The molecular formula is C18H24N8O2. The highest BCUT2D eigenvalue weighted by Gasteiger charge is 2.22. The number of aryl methyl sites for hydroxylation is 3. The van der Waals surface area contributed by atoms with Crippen molar-refractivity contribution in [2.45, 2.75) is 39.3 Å². The number of nitrogens with zero attached hydrogens (tertiary/aromatic N) is 6. The number of piperidine rings is 1. The van der Waals surface area contributed by atoms with E-state index in [4.69, 9.17) is 5.73 Å². The van der Waals surface area contributed by atoms with Crippen molar-refractivity contribution in [1.82, 2.24) is 29.1 Å². The molecule has 3 aromatic heterocycles. The monoisotopic (exact) mass is 384 g/mol. The van der Waals surface area contributed by atoms with Gasteiger partial charge >= 0.3 is 5.69 Å². The molecule has 1 saturated heterocycles. The molecule has 3 N–H and O–H groups in total. The molecule has 1 fully saturated rings. The number of nitrogens with one attached hydrogen (secondary N) is 1. The van der Waals surface area contributed by atoms with Crippen molar-refractivity contribution in [2.24, 2.45) is 12.8 Å². The number of rotatable bonds is 3. The Bertz CT molecular complexity index is 1140. The molecule has 10 nitrogen and oxygen atoms in total. The maximum absolute atomic E-state index is 13.0. The summed E-state index contributed by atoms with van der Waals surface area (Å²) in [5.74, 6) is 0.996. The van der Waals surface area contributed by atoms with Gasteiger partial charge in [-0.3, -0.25) is 13.9 Å². The van der Waals surface area contributed by atoms with Crippen molar-refractivity contribution < 1.29 is 0 Å². The minimum absolute atomic E-state index is 0.00685. The van der Waals surface area contributed by atoms with Gasteiger partial charge in [-0.05, 0) is 32.8 Å². The maximum atomic E-state index is 13.0. The number of aromatic nitrogens is 6. The molecule has 3 aromatic rings. The van der Waals surface area contributed by atoms with E-state index in [9.17, 15) is 9.59 Å². The second-order valence-corrected chi connectivity index (χ2v) is 7.41. The van der Waals surface area contributed by atoms with Crippen LogP contribution in [0.1, 0.15) is 30.1 Å². The first-order valence-electron chi connectivity index (χ1n) is 9.34. The van der Waals surface area contributed by atoms with E-state index in [0.29, 0.717) is 29.5 Å². The van der Waals surface area contributed by atoms with E-state index in [0.717, 1.165) is 35.3 Å². The quantitative estimate of drug-likeness (QED) is 0.640. The van der Waals surface area contributed by atoms with Crippen molar-refractivity contribution in [3.05, 3.63) is 44.1 Å². The lowest BCUT2D eigenvalue weighted by molar-refractivity contribution is 0.501. The summed E-state index contributed by atoms with van der Waals surface area (Å²) in [6.07, 6.45) is 1.93. The van der Waals surface area contributed by atoms with Gasteiger partial charge in [-0.15, -0.1) is 0 Å². The van der Waals surface area contributed by atoms with E-state index in [1.165, 1.54) is 4.57 Å². The Morgan fingerprint density at radius 2 is 1.93 bits per heavy atom. The third-order valence-electron chi connectivity index (χ3n) is 5.05. The van der Waals surface area contributed by atoms with Crippen LogP contribution in [0.5, 0.6) is 0 Å². The van der Waals surface area contributed by atoms with E-state index in [1.54, 1.807) is 7.05 Å². The molecule has 1 atom stereocenters. The van der Waals surface area contributed by atoms with Gasteiger partial charge in [0, 0.05) is 37.6 Å². The largest absolute Gasteiger partial charge is 0.341 e. The molecular weight excluding hydrogens is 360 g/mol. The van der Waals surface area contributed by atoms with Crippen molar-refractivity contribution >= 4 is 17.1 Å². The van der Waals surface area contributed by atoms with Crippen LogP contribution in [0, 0.1) is 13.8 Å². The molecule has 0 aromatic carbocycles. The minimum Gasteiger partial charge on any atom is -0.341 e. The molecule has 0 bridgehead atoms. The molecule has 4 heterocycles. The summed E-state index contributed by atoms with van der Waals surface area (Å²) >= 11 is 0.